The van der Waals surface area contributed by atoms with Gasteiger partial charge in [-0.3, -0.25) is 9.59 Å². The number of nitrogens with one attached hydrogen (secondary N) is 1. The summed E-state index contributed by atoms with van der Waals surface area (Å²) < 4.78 is 21.5. The predicted molar refractivity (Wildman–Crippen MR) is 124 cm³/mol. The number of ether oxygens (including phenoxy) is 4. The van der Waals surface area contributed by atoms with Gasteiger partial charge in [0.1, 0.15) is 5.75 Å². The number of hydrogen-bond acceptors (Lipinski definition) is 6. The first kappa shape index (κ1) is 24.4. The number of methoxy groups -OCH3 is 3. The summed E-state index contributed by atoms with van der Waals surface area (Å²) in [6.07, 6.45) is 0.701. The van der Waals surface area contributed by atoms with Crippen LogP contribution in [0.25, 0.3) is 0 Å². The second-order valence-electron chi connectivity index (χ2n) is 7.75. The molecule has 3 rings (SSSR count). The van der Waals surface area contributed by atoms with Crippen LogP contribution in [0.15, 0.2) is 36.4 Å². The molecule has 2 atom stereocenters. The summed E-state index contributed by atoms with van der Waals surface area (Å²) in [5.74, 6) is 0.621. The molecule has 1 heterocycles. The molecule has 8 heteroatoms. The van der Waals surface area contributed by atoms with Gasteiger partial charge in [-0.2, -0.15) is 0 Å². The highest BCUT2D eigenvalue weighted by atomic mass is 16.5. The van der Waals surface area contributed by atoms with Gasteiger partial charge in [-0.25, -0.2) is 0 Å². The minimum absolute atomic E-state index is 0.167. The summed E-state index contributed by atoms with van der Waals surface area (Å²) in [6, 6.07) is 10.3. The molecule has 0 saturated carbocycles. The number of amides is 2. The quantitative estimate of drug-likeness (QED) is 0.553. The fourth-order valence-corrected chi connectivity index (χ4v) is 4.19. The van der Waals surface area contributed by atoms with Gasteiger partial charge in [0.15, 0.2) is 11.5 Å². The molecule has 2 aromatic carbocycles. The van der Waals surface area contributed by atoms with E-state index >= 15 is 0 Å². The lowest BCUT2D eigenvalue weighted by atomic mass is 9.79. The van der Waals surface area contributed by atoms with Gasteiger partial charge in [-0.1, -0.05) is 12.1 Å². The van der Waals surface area contributed by atoms with E-state index in [1.165, 1.54) is 14.2 Å². The molecule has 2 amide bonds. The monoisotopic (exact) mass is 456 g/mol. The van der Waals surface area contributed by atoms with Gasteiger partial charge in [0.2, 0.25) is 5.91 Å². The van der Waals surface area contributed by atoms with Crippen LogP contribution in [0, 0.1) is 0 Å². The number of nitrogens with zero attached hydrogens (tertiary/aromatic N) is 1. The number of carbonyl (C=O) groups excluding carboxylic acids is 2. The molecule has 0 radical (unpaired) electrons. The first-order valence-corrected chi connectivity index (χ1v) is 11.0. The zero-order chi connectivity index (χ0) is 24.0. The van der Waals surface area contributed by atoms with Crippen molar-refractivity contribution in [2.24, 2.45) is 0 Å². The van der Waals surface area contributed by atoms with Gasteiger partial charge in [0.05, 0.1) is 33.3 Å². The fourth-order valence-electron chi connectivity index (χ4n) is 4.19. The molecule has 0 aromatic heterocycles. The van der Waals surface area contributed by atoms with Crippen LogP contribution in [-0.2, 0) is 9.53 Å². The van der Waals surface area contributed by atoms with Crippen molar-refractivity contribution >= 4 is 11.8 Å². The van der Waals surface area contributed by atoms with E-state index in [1.807, 2.05) is 31.2 Å². The normalized spacial score (nSPS) is 17.4. The Morgan fingerprint density at radius 2 is 1.70 bits per heavy atom. The molecular formula is C25H32N2O6. The van der Waals surface area contributed by atoms with Crippen molar-refractivity contribution in [1.82, 2.24) is 10.2 Å². The summed E-state index contributed by atoms with van der Waals surface area (Å²) in [5.41, 5.74) is 1.87. The molecular weight excluding hydrogens is 424 g/mol. The number of carbonyl (C=O) groups is 2. The van der Waals surface area contributed by atoms with E-state index in [4.69, 9.17) is 18.9 Å². The van der Waals surface area contributed by atoms with Crippen LogP contribution in [0.5, 0.6) is 17.2 Å². The summed E-state index contributed by atoms with van der Waals surface area (Å²) in [5, 5.41) is 3.02. The maximum atomic E-state index is 13.5. The van der Waals surface area contributed by atoms with Crippen LogP contribution in [0.4, 0.5) is 0 Å². The number of fused-ring (bicyclic) bond motifs is 1. The van der Waals surface area contributed by atoms with E-state index in [-0.39, 0.29) is 11.8 Å². The maximum Gasteiger partial charge on any atom is 0.254 e. The second kappa shape index (κ2) is 11.0. The second-order valence-corrected chi connectivity index (χ2v) is 7.75. The average Bonchev–Trinajstić information content (AvgIpc) is 2.85. The standard InChI is InChI=1S/C25H32N2O6/c1-6-33-13-7-12-26-24(28)22-18-14-20(31-4)21(32-5)15-19(18)25(29)27(2)23(22)16-8-10-17(30-3)11-9-16/h8-11,14-15,22-23H,6-7,12-13H2,1-5H3,(H,26,28)/t22-,23+/m1/s1. The average molecular weight is 457 g/mol. The first-order valence-electron chi connectivity index (χ1n) is 11.0. The smallest absolute Gasteiger partial charge is 0.254 e. The largest absolute Gasteiger partial charge is 0.497 e. The van der Waals surface area contributed by atoms with Crippen molar-refractivity contribution in [3.05, 3.63) is 53.1 Å². The Bertz CT molecular complexity index is 976. The molecule has 0 saturated heterocycles. The number of hydrogen-bond donors (Lipinski definition) is 1. The van der Waals surface area contributed by atoms with Crippen LogP contribution >= 0.6 is 0 Å². The molecule has 33 heavy (non-hydrogen) atoms. The summed E-state index contributed by atoms with van der Waals surface area (Å²) >= 11 is 0. The highest BCUT2D eigenvalue weighted by molar-refractivity contribution is 6.02. The van der Waals surface area contributed by atoms with Gasteiger partial charge in [-0.15, -0.1) is 0 Å². The first-order chi connectivity index (χ1) is 16.0. The van der Waals surface area contributed by atoms with E-state index in [2.05, 4.69) is 5.32 Å². The molecule has 0 bridgehead atoms. The Labute approximate surface area is 194 Å². The van der Waals surface area contributed by atoms with E-state index < -0.39 is 12.0 Å². The van der Waals surface area contributed by atoms with Crippen LogP contribution in [0.2, 0.25) is 0 Å². The van der Waals surface area contributed by atoms with E-state index in [0.29, 0.717) is 54.6 Å². The number of likely N-dealkylation sites (N-methyl/N-ethyl adjacent to an activating group) is 1. The van der Waals surface area contributed by atoms with Crippen molar-refractivity contribution in [3.8, 4) is 17.2 Å². The Hall–Kier alpha value is -3.26. The lowest BCUT2D eigenvalue weighted by Gasteiger charge is -2.40. The Balaban J connectivity index is 2.05. The van der Waals surface area contributed by atoms with E-state index in [9.17, 15) is 9.59 Å². The highest BCUT2D eigenvalue weighted by Gasteiger charge is 2.43. The molecule has 1 N–H and O–H groups in total. The van der Waals surface area contributed by atoms with Gasteiger partial charge in [0, 0.05) is 32.4 Å². The minimum Gasteiger partial charge on any atom is -0.497 e. The van der Waals surface area contributed by atoms with Gasteiger partial charge < -0.3 is 29.2 Å². The molecule has 178 valence electrons. The van der Waals surface area contributed by atoms with Crippen LogP contribution in [-0.4, -0.2) is 64.8 Å². The van der Waals surface area contributed by atoms with E-state index in [0.717, 1.165) is 5.56 Å². The molecule has 0 fully saturated rings. The molecule has 0 spiro atoms. The molecule has 0 aliphatic carbocycles. The van der Waals surface area contributed by atoms with Gasteiger partial charge in [0.25, 0.3) is 5.91 Å². The zero-order valence-corrected chi connectivity index (χ0v) is 19.8. The predicted octanol–water partition coefficient (Wildman–Crippen LogP) is 3.17. The van der Waals surface area contributed by atoms with Crippen LogP contribution in [0.3, 0.4) is 0 Å². The number of benzene rings is 2. The van der Waals surface area contributed by atoms with E-state index in [1.54, 1.807) is 31.2 Å². The maximum absolute atomic E-state index is 13.5. The lowest BCUT2D eigenvalue weighted by Crippen LogP contribution is -2.46. The Kier molecular flexibility index (Phi) is 8.16. The Morgan fingerprint density at radius 1 is 1.03 bits per heavy atom. The molecule has 1 aliphatic rings. The number of rotatable bonds is 10. The van der Waals surface area contributed by atoms with Crippen molar-refractivity contribution in [2.75, 3.05) is 48.1 Å². The third kappa shape index (κ3) is 5.06. The molecule has 8 nitrogen and oxygen atoms in total. The summed E-state index contributed by atoms with van der Waals surface area (Å²) in [4.78, 5) is 28.5. The third-order valence-electron chi connectivity index (χ3n) is 5.88. The summed E-state index contributed by atoms with van der Waals surface area (Å²) in [6.45, 7) is 3.62. The molecule has 1 aliphatic heterocycles. The fraction of sp³-hybridized carbons (Fsp3) is 0.440. The van der Waals surface area contributed by atoms with Gasteiger partial charge in [-0.05, 0) is 48.7 Å². The zero-order valence-electron chi connectivity index (χ0n) is 19.8. The van der Waals surface area contributed by atoms with Crippen LogP contribution < -0.4 is 19.5 Å². The van der Waals surface area contributed by atoms with Crippen molar-refractivity contribution in [1.29, 1.82) is 0 Å². The molecule has 2 aromatic rings. The van der Waals surface area contributed by atoms with Gasteiger partial charge >= 0.3 is 0 Å². The Morgan fingerprint density at radius 3 is 2.30 bits per heavy atom. The van der Waals surface area contributed by atoms with Crippen LogP contribution in [0.1, 0.15) is 46.8 Å². The molecule has 0 unspecified atom stereocenters. The topological polar surface area (TPSA) is 86.3 Å². The third-order valence-corrected chi connectivity index (χ3v) is 5.88. The SMILES string of the molecule is CCOCCCNC(=O)[C@@H]1c2cc(OC)c(OC)cc2C(=O)N(C)[C@H]1c1ccc(OC)cc1. The van der Waals surface area contributed by atoms with Crippen molar-refractivity contribution in [3.63, 3.8) is 0 Å². The minimum atomic E-state index is -0.636. The van der Waals surface area contributed by atoms with Crippen molar-refractivity contribution < 1.29 is 28.5 Å². The lowest BCUT2D eigenvalue weighted by molar-refractivity contribution is -0.124. The highest BCUT2D eigenvalue weighted by Crippen LogP contribution is 2.45. The van der Waals surface area contributed by atoms with Crippen molar-refractivity contribution in [2.45, 2.75) is 25.3 Å². The summed E-state index contributed by atoms with van der Waals surface area (Å²) in [7, 11) is 6.36.